The highest BCUT2D eigenvalue weighted by Crippen LogP contribution is 2.34. The van der Waals surface area contributed by atoms with Gasteiger partial charge in [0.05, 0.1) is 12.1 Å². The van der Waals surface area contributed by atoms with Crippen molar-refractivity contribution >= 4 is 17.4 Å². The number of aromatic nitrogens is 2. The van der Waals surface area contributed by atoms with Gasteiger partial charge in [-0.1, -0.05) is 18.2 Å². The molecule has 1 N–H and O–H groups in total. The average Bonchev–Trinajstić information content (AvgIpc) is 3.15. The van der Waals surface area contributed by atoms with E-state index in [2.05, 4.69) is 36.3 Å². The number of carbonyl (C=O) groups excluding carboxylic acids is 1. The molecule has 4 rings (SSSR count). The van der Waals surface area contributed by atoms with Crippen LogP contribution < -0.4 is 5.32 Å². The number of hydrogen-bond donors (Lipinski definition) is 1. The van der Waals surface area contributed by atoms with Gasteiger partial charge in [-0.25, -0.2) is 9.37 Å². The van der Waals surface area contributed by atoms with Crippen LogP contribution in [0.2, 0.25) is 0 Å². The molecule has 0 aliphatic heterocycles. The number of pyridine rings is 1. The summed E-state index contributed by atoms with van der Waals surface area (Å²) in [5.41, 5.74) is 5.50. The Hall–Kier alpha value is -2.69. The van der Waals surface area contributed by atoms with Crippen LogP contribution >= 0.6 is 0 Å². The van der Waals surface area contributed by atoms with Gasteiger partial charge in [-0.3, -0.25) is 4.79 Å². The van der Waals surface area contributed by atoms with Crippen molar-refractivity contribution in [3.63, 3.8) is 0 Å². The second-order valence-corrected chi connectivity index (χ2v) is 6.40. The molecule has 5 heteroatoms. The Kier molecular flexibility index (Phi) is 3.37. The minimum Gasteiger partial charge on any atom is -0.309 e. The van der Waals surface area contributed by atoms with Gasteiger partial charge >= 0.3 is 0 Å². The Labute approximate surface area is 139 Å². The maximum Gasteiger partial charge on any atom is 0.231 e. The third kappa shape index (κ3) is 2.56. The largest absolute Gasteiger partial charge is 0.309 e. The summed E-state index contributed by atoms with van der Waals surface area (Å²) in [6.07, 6.45) is 3.07. The van der Waals surface area contributed by atoms with E-state index in [1.165, 1.54) is 16.7 Å². The lowest BCUT2D eigenvalue weighted by molar-refractivity contribution is -0.117. The number of fused-ring (bicyclic) bond motifs is 1. The number of nitrogens with one attached hydrogen (secondary N) is 1. The first-order valence-corrected chi connectivity index (χ1v) is 8.03. The van der Waals surface area contributed by atoms with E-state index in [4.69, 9.17) is 0 Å². The van der Waals surface area contributed by atoms with Gasteiger partial charge in [-0.05, 0) is 54.7 Å². The molecule has 4 nitrogen and oxygen atoms in total. The van der Waals surface area contributed by atoms with Crippen molar-refractivity contribution in [1.82, 2.24) is 9.38 Å². The monoisotopic (exact) mass is 323 g/mol. The van der Waals surface area contributed by atoms with Crippen molar-refractivity contribution in [3.8, 4) is 11.1 Å². The number of halogens is 1. The Balaban J connectivity index is 1.66. The maximum absolute atomic E-state index is 13.0. The van der Waals surface area contributed by atoms with Crippen LogP contribution in [0.4, 0.5) is 10.2 Å². The van der Waals surface area contributed by atoms with E-state index >= 15 is 0 Å². The van der Waals surface area contributed by atoms with Crippen LogP contribution in [0.1, 0.15) is 17.5 Å². The molecule has 1 aromatic carbocycles. The van der Waals surface area contributed by atoms with Gasteiger partial charge in [0.2, 0.25) is 5.91 Å². The number of imidazole rings is 1. The lowest BCUT2D eigenvalue weighted by Crippen LogP contribution is -2.15. The summed E-state index contributed by atoms with van der Waals surface area (Å²) in [5.74, 6) is -0.349. The number of aryl methyl sites for hydroxylation is 1. The van der Waals surface area contributed by atoms with Crippen molar-refractivity contribution < 1.29 is 9.18 Å². The molecule has 1 saturated carbocycles. The standard InChI is InChI=1S/C19H18FN3O/c1-11-4-3-5-14(12(11)2)13-6-7-18-21-17(10-23(18)9-13)22-19(24)15-8-16(15)20/h3-7,9-10,15-16H,8H2,1-2H3,(H,22,24). The zero-order chi connectivity index (χ0) is 16.8. The minimum atomic E-state index is -1.00. The summed E-state index contributed by atoms with van der Waals surface area (Å²) >= 11 is 0. The van der Waals surface area contributed by atoms with Crippen molar-refractivity contribution in [2.45, 2.75) is 26.4 Å². The molecular weight excluding hydrogens is 305 g/mol. The molecule has 1 aliphatic rings. The summed E-state index contributed by atoms with van der Waals surface area (Å²) in [5, 5.41) is 2.69. The molecule has 2 heterocycles. The first-order valence-electron chi connectivity index (χ1n) is 8.03. The molecule has 0 bridgehead atoms. The van der Waals surface area contributed by atoms with Crippen LogP contribution in [-0.2, 0) is 4.79 Å². The molecular formula is C19H18FN3O. The van der Waals surface area contributed by atoms with Gasteiger partial charge in [0.15, 0.2) is 5.82 Å². The fourth-order valence-electron chi connectivity index (χ4n) is 2.93. The second-order valence-electron chi connectivity index (χ2n) is 6.40. The Morgan fingerprint density at radius 1 is 1.25 bits per heavy atom. The van der Waals surface area contributed by atoms with Gasteiger partial charge in [0.25, 0.3) is 0 Å². The lowest BCUT2D eigenvalue weighted by atomic mass is 9.98. The quantitative estimate of drug-likeness (QED) is 0.794. The second kappa shape index (κ2) is 5.44. The molecule has 2 atom stereocenters. The molecule has 0 spiro atoms. The summed E-state index contributed by atoms with van der Waals surface area (Å²) < 4.78 is 14.8. The highest BCUT2D eigenvalue weighted by Gasteiger charge is 2.43. The fourth-order valence-corrected chi connectivity index (χ4v) is 2.93. The Morgan fingerprint density at radius 2 is 2.04 bits per heavy atom. The van der Waals surface area contributed by atoms with Gasteiger partial charge in [-0.15, -0.1) is 0 Å². The third-order valence-electron chi connectivity index (χ3n) is 4.67. The van der Waals surface area contributed by atoms with Crippen molar-refractivity contribution in [2.24, 2.45) is 5.92 Å². The highest BCUT2D eigenvalue weighted by atomic mass is 19.1. The summed E-state index contributed by atoms with van der Waals surface area (Å²) in [4.78, 5) is 16.2. The molecule has 2 unspecified atom stereocenters. The molecule has 3 aromatic rings. The van der Waals surface area contributed by atoms with E-state index in [0.29, 0.717) is 12.2 Å². The van der Waals surface area contributed by atoms with Gasteiger partial charge in [-0.2, -0.15) is 0 Å². The highest BCUT2D eigenvalue weighted by molar-refractivity contribution is 5.94. The Morgan fingerprint density at radius 3 is 2.79 bits per heavy atom. The number of benzene rings is 1. The van der Waals surface area contributed by atoms with Crippen LogP contribution in [0.25, 0.3) is 16.8 Å². The van der Waals surface area contributed by atoms with E-state index in [-0.39, 0.29) is 5.91 Å². The topological polar surface area (TPSA) is 46.4 Å². The first-order chi connectivity index (χ1) is 11.5. The Bertz CT molecular complexity index is 947. The van der Waals surface area contributed by atoms with Gasteiger partial charge in [0.1, 0.15) is 11.8 Å². The number of rotatable bonds is 3. The third-order valence-corrected chi connectivity index (χ3v) is 4.67. The number of amides is 1. The zero-order valence-electron chi connectivity index (χ0n) is 13.6. The fraction of sp³-hybridized carbons (Fsp3) is 0.263. The molecule has 122 valence electrons. The van der Waals surface area contributed by atoms with Crippen molar-refractivity contribution in [1.29, 1.82) is 0 Å². The SMILES string of the molecule is Cc1cccc(-c2ccc3nc(NC(=O)C4CC4F)cn3c2)c1C. The predicted octanol–water partition coefficient (Wildman–Crippen LogP) is 3.91. The van der Waals surface area contributed by atoms with Crippen molar-refractivity contribution in [2.75, 3.05) is 5.32 Å². The molecule has 2 aromatic heterocycles. The minimum absolute atomic E-state index is 0.291. The van der Waals surface area contributed by atoms with E-state index in [1.54, 1.807) is 6.20 Å². The van der Waals surface area contributed by atoms with E-state index in [1.807, 2.05) is 28.8 Å². The number of anilines is 1. The van der Waals surface area contributed by atoms with E-state index < -0.39 is 12.1 Å². The number of hydrogen-bond acceptors (Lipinski definition) is 2. The van der Waals surface area contributed by atoms with E-state index in [0.717, 1.165) is 11.2 Å². The normalized spacial score (nSPS) is 19.5. The van der Waals surface area contributed by atoms with Crippen molar-refractivity contribution in [3.05, 3.63) is 53.9 Å². The molecule has 24 heavy (non-hydrogen) atoms. The van der Waals surface area contributed by atoms with Crippen LogP contribution in [0.15, 0.2) is 42.7 Å². The van der Waals surface area contributed by atoms with Crippen LogP contribution in [-0.4, -0.2) is 21.5 Å². The molecule has 0 radical (unpaired) electrons. The number of alkyl halides is 1. The zero-order valence-corrected chi connectivity index (χ0v) is 13.6. The van der Waals surface area contributed by atoms with Crippen LogP contribution in [0.5, 0.6) is 0 Å². The first kappa shape index (κ1) is 14.9. The van der Waals surface area contributed by atoms with Gasteiger partial charge in [0, 0.05) is 6.20 Å². The predicted molar refractivity (Wildman–Crippen MR) is 91.7 cm³/mol. The summed E-state index contributed by atoms with van der Waals surface area (Å²) in [7, 11) is 0. The molecule has 1 fully saturated rings. The smallest absolute Gasteiger partial charge is 0.231 e. The van der Waals surface area contributed by atoms with Crippen LogP contribution in [0, 0.1) is 19.8 Å². The lowest BCUT2D eigenvalue weighted by Gasteiger charge is -2.09. The average molecular weight is 323 g/mol. The van der Waals surface area contributed by atoms with Gasteiger partial charge < -0.3 is 9.72 Å². The number of nitrogens with zero attached hydrogens (tertiary/aromatic N) is 2. The maximum atomic E-state index is 13.0. The van der Waals surface area contributed by atoms with E-state index in [9.17, 15) is 9.18 Å². The molecule has 1 aliphatic carbocycles. The molecule has 1 amide bonds. The summed E-state index contributed by atoms with van der Waals surface area (Å²) in [6.45, 7) is 4.20. The summed E-state index contributed by atoms with van der Waals surface area (Å²) in [6, 6.07) is 10.2. The number of carbonyl (C=O) groups is 1. The molecule has 0 saturated heterocycles. The van der Waals surface area contributed by atoms with Crippen LogP contribution in [0.3, 0.4) is 0 Å².